The van der Waals surface area contributed by atoms with E-state index in [-0.39, 0.29) is 5.54 Å². The Morgan fingerprint density at radius 1 is 1.37 bits per heavy atom. The number of aromatic nitrogens is 1. The topological polar surface area (TPSA) is 48.1 Å². The SMILES string of the molecule is CCOc1ccc2nc(CC3(N)CCCC3)sc2c1. The van der Waals surface area contributed by atoms with Crippen LogP contribution >= 0.6 is 11.3 Å². The van der Waals surface area contributed by atoms with Gasteiger partial charge in [0.2, 0.25) is 0 Å². The largest absolute Gasteiger partial charge is 0.494 e. The Hall–Kier alpha value is -1.13. The molecule has 0 amide bonds. The number of nitrogens with zero attached hydrogens (tertiary/aromatic N) is 1. The Kier molecular flexibility index (Phi) is 3.46. The van der Waals surface area contributed by atoms with Crippen molar-refractivity contribution in [3.63, 3.8) is 0 Å². The van der Waals surface area contributed by atoms with E-state index in [0.717, 1.165) is 35.5 Å². The molecule has 3 rings (SSSR count). The van der Waals surface area contributed by atoms with Crippen molar-refractivity contribution >= 4 is 21.6 Å². The van der Waals surface area contributed by atoms with Crippen molar-refractivity contribution in [2.24, 2.45) is 5.73 Å². The maximum Gasteiger partial charge on any atom is 0.120 e. The van der Waals surface area contributed by atoms with Crippen LogP contribution in [-0.2, 0) is 6.42 Å². The highest BCUT2D eigenvalue weighted by atomic mass is 32.1. The van der Waals surface area contributed by atoms with Crippen molar-refractivity contribution in [2.75, 3.05) is 6.61 Å². The van der Waals surface area contributed by atoms with Gasteiger partial charge >= 0.3 is 0 Å². The molecule has 1 aliphatic rings. The highest BCUT2D eigenvalue weighted by Gasteiger charge is 2.30. The summed E-state index contributed by atoms with van der Waals surface area (Å²) in [7, 11) is 0. The molecule has 3 nitrogen and oxygen atoms in total. The highest BCUT2D eigenvalue weighted by Crippen LogP contribution is 2.33. The summed E-state index contributed by atoms with van der Waals surface area (Å²) in [6.07, 6.45) is 5.70. The van der Waals surface area contributed by atoms with Crippen LogP contribution in [0.2, 0.25) is 0 Å². The van der Waals surface area contributed by atoms with Gasteiger partial charge in [-0.25, -0.2) is 4.98 Å². The van der Waals surface area contributed by atoms with Gasteiger partial charge in [0.1, 0.15) is 5.75 Å². The first kappa shape index (κ1) is 12.9. The minimum Gasteiger partial charge on any atom is -0.494 e. The smallest absolute Gasteiger partial charge is 0.120 e. The number of hydrogen-bond donors (Lipinski definition) is 1. The second kappa shape index (κ2) is 5.10. The molecule has 0 spiro atoms. The monoisotopic (exact) mass is 276 g/mol. The lowest BCUT2D eigenvalue weighted by Gasteiger charge is -2.21. The number of hydrogen-bond acceptors (Lipinski definition) is 4. The predicted molar refractivity (Wildman–Crippen MR) is 79.9 cm³/mol. The van der Waals surface area contributed by atoms with Crippen molar-refractivity contribution in [2.45, 2.75) is 44.6 Å². The number of rotatable bonds is 4. The van der Waals surface area contributed by atoms with Gasteiger partial charge in [-0.05, 0) is 38.0 Å². The number of nitrogens with two attached hydrogens (primary N) is 1. The van der Waals surface area contributed by atoms with Gasteiger partial charge < -0.3 is 10.5 Å². The van der Waals surface area contributed by atoms with E-state index in [9.17, 15) is 0 Å². The minimum absolute atomic E-state index is 0.0172. The molecule has 1 heterocycles. The summed E-state index contributed by atoms with van der Waals surface area (Å²) < 4.78 is 6.73. The molecular weight excluding hydrogens is 256 g/mol. The molecule has 4 heteroatoms. The molecule has 19 heavy (non-hydrogen) atoms. The van der Waals surface area contributed by atoms with Crippen LogP contribution in [0.15, 0.2) is 18.2 Å². The Labute approximate surface area is 117 Å². The molecule has 102 valence electrons. The number of benzene rings is 1. The molecule has 0 saturated heterocycles. The molecule has 1 aromatic carbocycles. The molecule has 1 aromatic heterocycles. The fourth-order valence-electron chi connectivity index (χ4n) is 2.84. The summed E-state index contributed by atoms with van der Waals surface area (Å²) in [6, 6.07) is 6.11. The molecule has 0 atom stereocenters. The fraction of sp³-hybridized carbons (Fsp3) is 0.533. The van der Waals surface area contributed by atoms with Gasteiger partial charge in [-0.2, -0.15) is 0 Å². The summed E-state index contributed by atoms with van der Waals surface area (Å²) in [6.45, 7) is 2.70. The van der Waals surface area contributed by atoms with Crippen molar-refractivity contribution < 1.29 is 4.74 Å². The molecular formula is C15H20N2OS. The molecule has 1 aliphatic carbocycles. The number of ether oxygens (including phenoxy) is 1. The predicted octanol–water partition coefficient (Wildman–Crippen LogP) is 3.51. The lowest BCUT2D eigenvalue weighted by molar-refractivity contribution is 0.341. The third-order valence-corrected chi connectivity index (χ3v) is 4.84. The molecule has 1 fully saturated rings. The molecule has 0 radical (unpaired) electrons. The molecule has 0 bridgehead atoms. The molecule has 1 saturated carbocycles. The summed E-state index contributed by atoms with van der Waals surface area (Å²) in [4.78, 5) is 4.71. The standard InChI is InChI=1S/C15H20N2OS/c1-2-18-11-5-6-12-13(9-11)19-14(17-12)10-15(16)7-3-4-8-15/h5-6,9H,2-4,7-8,10,16H2,1H3. The van der Waals surface area contributed by atoms with E-state index in [4.69, 9.17) is 15.5 Å². The van der Waals surface area contributed by atoms with Crippen LogP contribution in [0, 0.1) is 0 Å². The van der Waals surface area contributed by atoms with Crippen LogP contribution in [0.1, 0.15) is 37.6 Å². The maximum atomic E-state index is 6.43. The Bertz CT molecular complexity index is 573. The first-order valence-electron chi connectivity index (χ1n) is 7.00. The van der Waals surface area contributed by atoms with E-state index in [1.807, 2.05) is 19.1 Å². The van der Waals surface area contributed by atoms with Gasteiger partial charge in [0.05, 0.1) is 21.8 Å². The first-order valence-corrected chi connectivity index (χ1v) is 7.81. The van der Waals surface area contributed by atoms with Crippen LogP contribution in [0.4, 0.5) is 0 Å². The number of fused-ring (bicyclic) bond motifs is 1. The molecule has 0 aliphatic heterocycles. The lowest BCUT2D eigenvalue weighted by atomic mass is 9.95. The molecule has 2 N–H and O–H groups in total. The zero-order valence-corrected chi connectivity index (χ0v) is 12.1. The molecule has 0 unspecified atom stereocenters. The average molecular weight is 276 g/mol. The zero-order chi connectivity index (χ0) is 13.3. The van der Waals surface area contributed by atoms with Crippen molar-refractivity contribution in [1.29, 1.82) is 0 Å². The Balaban J connectivity index is 1.84. The second-order valence-corrected chi connectivity index (χ2v) is 6.53. The van der Waals surface area contributed by atoms with Gasteiger partial charge in [0.15, 0.2) is 0 Å². The Morgan fingerprint density at radius 3 is 2.89 bits per heavy atom. The van der Waals surface area contributed by atoms with Crippen LogP contribution in [0.3, 0.4) is 0 Å². The van der Waals surface area contributed by atoms with Gasteiger partial charge in [-0.3, -0.25) is 0 Å². The van der Waals surface area contributed by atoms with Crippen LogP contribution in [-0.4, -0.2) is 17.1 Å². The third-order valence-electron chi connectivity index (χ3n) is 3.82. The Morgan fingerprint density at radius 2 is 2.16 bits per heavy atom. The summed E-state index contributed by atoms with van der Waals surface area (Å²) in [5.74, 6) is 0.925. The van der Waals surface area contributed by atoms with Gasteiger partial charge in [-0.15, -0.1) is 11.3 Å². The highest BCUT2D eigenvalue weighted by molar-refractivity contribution is 7.18. The van der Waals surface area contributed by atoms with E-state index < -0.39 is 0 Å². The summed E-state index contributed by atoms with van der Waals surface area (Å²) in [5.41, 5.74) is 7.48. The molecule has 2 aromatic rings. The fourth-order valence-corrected chi connectivity index (χ4v) is 3.99. The second-order valence-electron chi connectivity index (χ2n) is 5.42. The zero-order valence-electron chi connectivity index (χ0n) is 11.3. The van der Waals surface area contributed by atoms with E-state index in [0.29, 0.717) is 6.61 Å². The van der Waals surface area contributed by atoms with E-state index in [1.54, 1.807) is 11.3 Å². The van der Waals surface area contributed by atoms with Gasteiger partial charge in [0, 0.05) is 12.0 Å². The van der Waals surface area contributed by atoms with E-state index >= 15 is 0 Å². The number of thiazole rings is 1. The van der Waals surface area contributed by atoms with Crippen molar-refractivity contribution in [3.8, 4) is 5.75 Å². The maximum absolute atomic E-state index is 6.43. The van der Waals surface area contributed by atoms with Crippen molar-refractivity contribution in [3.05, 3.63) is 23.2 Å². The lowest BCUT2D eigenvalue weighted by Crippen LogP contribution is -2.38. The van der Waals surface area contributed by atoms with Crippen LogP contribution < -0.4 is 10.5 Å². The van der Waals surface area contributed by atoms with Crippen LogP contribution in [0.25, 0.3) is 10.2 Å². The third kappa shape index (κ3) is 2.74. The van der Waals surface area contributed by atoms with Crippen LogP contribution in [0.5, 0.6) is 5.75 Å². The van der Waals surface area contributed by atoms with E-state index in [1.165, 1.54) is 17.5 Å². The normalized spacial score (nSPS) is 18.0. The summed E-state index contributed by atoms with van der Waals surface area (Å²) in [5, 5.41) is 1.16. The summed E-state index contributed by atoms with van der Waals surface area (Å²) >= 11 is 1.75. The van der Waals surface area contributed by atoms with Gasteiger partial charge in [-0.1, -0.05) is 12.8 Å². The quantitative estimate of drug-likeness (QED) is 0.929. The van der Waals surface area contributed by atoms with Crippen molar-refractivity contribution in [1.82, 2.24) is 4.98 Å². The van der Waals surface area contributed by atoms with E-state index in [2.05, 4.69) is 6.07 Å². The van der Waals surface area contributed by atoms with Gasteiger partial charge in [0.25, 0.3) is 0 Å². The first-order chi connectivity index (χ1) is 9.18. The average Bonchev–Trinajstić information content (AvgIpc) is 2.95. The minimum atomic E-state index is -0.0172.